The van der Waals surface area contributed by atoms with Gasteiger partial charge in [-0.3, -0.25) is 0 Å². The van der Waals surface area contributed by atoms with E-state index in [-0.39, 0.29) is 22.8 Å². The zero-order chi connectivity index (χ0) is 9.68. The Morgan fingerprint density at radius 1 is 1.46 bits per heavy atom. The third-order valence-corrected chi connectivity index (χ3v) is 2.65. The number of carbonyl (C=O) groups excluding carboxylic acids is 1. The molecule has 0 saturated heterocycles. The number of rotatable bonds is 3. The zero-order valence-electron chi connectivity index (χ0n) is 7.57. The van der Waals surface area contributed by atoms with E-state index in [1.165, 1.54) is 0 Å². The van der Waals surface area contributed by atoms with Crippen LogP contribution in [0.3, 0.4) is 0 Å². The Balaban J connectivity index is 2.55. The average molecular weight is 240 g/mol. The molecule has 13 heavy (non-hydrogen) atoms. The van der Waals surface area contributed by atoms with Crippen LogP contribution in [0.4, 0.5) is 0 Å². The van der Waals surface area contributed by atoms with E-state index in [1.807, 2.05) is 30.3 Å². The average Bonchev–Trinajstić information content (AvgIpc) is 2.18. The molecule has 0 heterocycles. The molecule has 1 aromatic rings. The van der Waals surface area contributed by atoms with Crippen molar-refractivity contribution >= 4 is 22.8 Å². The summed E-state index contributed by atoms with van der Waals surface area (Å²) in [6.07, 6.45) is 0.551. The topological polar surface area (TPSA) is 52.3 Å². The summed E-state index contributed by atoms with van der Waals surface area (Å²) in [4.78, 5) is 11.0. The third-order valence-electron chi connectivity index (χ3n) is 1.80. The normalized spacial score (nSPS) is 12.4. The van der Waals surface area contributed by atoms with Crippen LogP contribution < -0.4 is 5.73 Å². The van der Waals surface area contributed by atoms with Gasteiger partial charge in [0.05, 0.1) is 0 Å². The monoisotopic (exact) mass is 241 g/mol. The van der Waals surface area contributed by atoms with E-state index in [4.69, 9.17) is 9.50 Å². The summed E-state index contributed by atoms with van der Waals surface area (Å²) >= 11 is 0.0817. The van der Waals surface area contributed by atoms with E-state index in [0.717, 1.165) is 5.56 Å². The molecule has 70 valence electrons. The van der Waals surface area contributed by atoms with Gasteiger partial charge >= 0.3 is 85.5 Å². The van der Waals surface area contributed by atoms with Gasteiger partial charge in [-0.05, 0) is 0 Å². The molecule has 0 aliphatic carbocycles. The van der Waals surface area contributed by atoms with Crippen molar-refractivity contribution in [2.45, 2.75) is 12.5 Å². The Hall–Kier alpha value is -0.807. The molecule has 0 unspecified atom stereocenters. The second kappa shape index (κ2) is 5.04. The Morgan fingerprint density at radius 3 is 2.62 bits per heavy atom. The van der Waals surface area contributed by atoms with Crippen LogP contribution in [0.5, 0.6) is 0 Å². The first kappa shape index (κ1) is 10.3. The molecule has 1 atom stereocenters. The van der Waals surface area contributed by atoms with Gasteiger partial charge in [-0.1, -0.05) is 0 Å². The van der Waals surface area contributed by atoms with Crippen molar-refractivity contribution in [1.29, 1.82) is 0 Å². The quantitative estimate of drug-likeness (QED) is 0.716. The van der Waals surface area contributed by atoms with Gasteiger partial charge in [0, 0.05) is 0 Å². The van der Waals surface area contributed by atoms with Crippen molar-refractivity contribution in [1.82, 2.24) is 0 Å². The van der Waals surface area contributed by atoms with Gasteiger partial charge in [0.15, 0.2) is 0 Å². The van der Waals surface area contributed by atoms with Crippen molar-refractivity contribution < 1.29 is 8.56 Å². The summed E-state index contributed by atoms with van der Waals surface area (Å²) < 4.78 is 4.71. The molecule has 0 aliphatic heterocycles. The molecule has 0 spiro atoms. The summed E-state index contributed by atoms with van der Waals surface area (Å²) in [5, 5.41) is 0. The van der Waals surface area contributed by atoms with Crippen LogP contribution in [0.15, 0.2) is 30.3 Å². The predicted octanol–water partition coefficient (Wildman–Crippen LogP) is -0.620. The van der Waals surface area contributed by atoms with E-state index in [1.54, 1.807) is 0 Å². The van der Waals surface area contributed by atoms with Gasteiger partial charge in [-0.25, -0.2) is 0 Å². The number of benzene rings is 1. The van der Waals surface area contributed by atoms with Crippen LogP contribution in [0.25, 0.3) is 0 Å². The molecular formula is C9H13GeNO2. The van der Waals surface area contributed by atoms with Crippen molar-refractivity contribution in [2.24, 2.45) is 5.73 Å². The van der Waals surface area contributed by atoms with E-state index in [0.29, 0.717) is 6.42 Å². The van der Waals surface area contributed by atoms with E-state index < -0.39 is 6.04 Å². The van der Waals surface area contributed by atoms with Gasteiger partial charge < -0.3 is 0 Å². The SMILES string of the molecule is N[C@@H](Cc1ccccc1)C(=O)[O][GeH3]. The molecule has 0 aliphatic rings. The fraction of sp³-hybridized carbons (Fsp3) is 0.222. The van der Waals surface area contributed by atoms with Crippen LogP contribution in [0, 0.1) is 0 Å². The molecule has 0 radical (unpaired) electrons. The van der Waals surface area contributed by atoms with Crippen LogP contribution >= 0.6 is 0 Å². The summed E-state index contributed by atoms with van der Waals surface area (Å²) in [7, 11) is 0. The third kappa shape index (κ3) is 3.20. The first-order chi connectivity index (χ1) is 6.24. The van der Waals surface area contributed by atoms with Gasteiger partial charge in [0.2, 0.25) is 0 Å². The summed E-state index contributed by atoms with van der Waals surface area (Å²) in [6, 6.07) is 9.17. The van der Waals surface area contributed by atoms with E-state index in [9.17, 15) is 4.79 Å². The van der Waals surface area contributed by atoms with Crippen molar-refractivity contribution in [2.75, 3.05) is 0 Å². The van der Waals surface area contributed by atoms with E-state index in [2.05, 4.69) is 0 Å². The van der Waals surface area contributed by atoms with Crippen LogP contribution in [-0.4, -0.2) is 28.9 Å². The maximum absolute atomic E-state index is 11.0. The first-order valence-electron chi connectivity index (χ1n) is 4.11. The zero-order valence-corrected chi connectivity index (χ0v) is 11.8. The van der Waals surface area contributed by atoms with Crippen molar-refractivity contribution in [3.8, 4) is 0 Å². The van der Waals surface area contributed by atoms with Gasteiger partial charge in [0.25, 0.3) is 0 Å². The Labute approximate surface area is 85.8 Å². The number of carbonyl (C=O) groups is 1. The van der Waals surface area contributed by atoms with Crippen LogP contribution in [-0.2, 0) is 15.0 Å². The molecule has 0 aromatic heterocycles. The first-order valence-corrected chi connectivity index (χ1v) is 5.82. The molecular weight excluding hydrogens is 227 g/mol. The molecule has 0 fully saturated rings. The summed E-state index contributed by atoms with van der Waals surface area (Å²) in [6.45, 7) is 0. The fourth-order valence-electron chi connectivity index (χ4n) is 1.10. The van der Waals surface area contributed by atoms with Gasteiger partial charge in [0.1, 0.15) is 0 Å². The Morgan fingerprint density at radius 2 is 2.08 bits per heavy atom. The van der Waals surface area contributed by atoms with Crippen LogP contribution in [0.2, 0.25) is 0 Å². The Bertz CT molecular complexity index is 276. The molecule has 4 heteroatoms. The molecule has 2 N–H and O–H groups in total. The van der Waals surface area contributed by atoms with Crippen LogP contribution in [0.1, 0.15) is 5.56 Å². The molecule has 3 nitrogen and oxygen atoms in total. The second-order valence-electron chi connectivity index (χ2n) is 2.82. The number of hydrogen-bond donors (Lipinski definition) is 1. The molecule has 0 amide bonds. The minimum absolute atomic E-state index is 0.0817. The molecule has 0 saturated carbocycles. The second-order valence-corrected chi connectivity index (χ2v) is 3.68. The Kier molecular flexibility index (Phi) is 3.98. The van der Waals surface area contributed by atoms with E-state index >= 15 is 0 Å². The predicted molar refractivity (Wildman–Crippen MR) is 54.2 cm³/mol. The summed E-state index contributed by atoms with van der Waals surface area (Å²) in [5.41, 5.74) is 6.68. The molecule has 0 bridgehead atoms. The maximum atomic E-state index is 11.0. The van der Waals surface area contributed by atoms with Gasteiger partial charge in [-0.2, -0.15) is 0 Å². The van der Waals surface area contributed by atoms with Crippen molar-refractivity contribution in [3.63, 3.8) is 0 Å². The van der Waals surface area contributed by atoms with Crippen molar-refractivity contribution in [3.05, 3.63) is 35.9 Å². The number of nitrogens with two attached hydrogens (primary N) is 1. The molecule has 1 rings (SSSR count). The fourth-order valence-corrected chi connectivity index (χ4v) is 1.74. The standard InChI is InChI=1S/C9H13GeNO2/c10-13-9(12)8(11)6-7-4-2-1-3-5-7/h1-5,8H,6,11H2,10H3/t8-/m0/s1. The number of hydrogen-bond acceptors (Lipinski definition) is 3. The molecule has 1 aromatic carbocycles. The van der Waals surface area contributed by atoms with Gasteiger partial charge in [-0.15, -0.1) is 0 Å². The minimum atomic E-state index is -0.516. The summed E-state index contributed by atoms with van der Waals surface area (Å²) in [5.74, 6) is -0.288.